The third kappa shape index (κ3) is 2.19. The third-order valence-corrected chi connectivity index (χ3v) is 2.28. The van der Waals surface area contributed by atoms with Gasteiger partial charge in [-0.2, -0.15) is 5.26 Å². The first kappa shape index (κ1) is 10.6. The summed E-state index contributed by atoms with van der Waals surface area (Å²) in [6.07, 6.45) is 0. The summed E-state index contributed by atoms with van der Waals surface area (Å²) in [6, 6.07) is 7.77. The monoisotopic (exact) mass is 218 g/mol. The minimum Gasteiger partial charge on any atom is -0.486 e. The molecule has 0 amide bonds. The van der Waals surface area contributed by atoms with Crippen LogP contribution < -0.4 is 14.8 Å². The van der Waals surface area contributed by atoms with Gasteiger partial charge in [-0.15, -0.1) is 0 Å². The topological polar surface area (TPSA) is 54.3 Å². The molecule has 0 bridgehead atoms. The summed E-state index contributed by atoms with van der Waals surface area (Å²) in [5, 5.41) is 12.0. The fourth-order valence-electron chi connectivity index (χ4n) is 1.51. The van der Waals surface area contributed by atoms with Crippen LogP contribution in [0.3, 0.4) is 0 Å². The summed E-state index contributed by atoms with van der Waals surface area (Å²) in [4.78, 5) is 0. The lowest BCUT2D eigenvalue weighted by molar-refractivity contribution is 0.171. The van der Waals surface area contributed by atoms with Crippen molar-refractivity contribution in [1.82, 2.24) is 0 Å². The quantitative estimate of drug-likeness (QED) is 0.826. The molecule has 1 aliphatic heterocycles. The van der Waals surface area contributed by atoms with Crippen molar-refractivity contribution in [2.24, 2.45) is 0 Å². The number of rotatable bonds is 2. The van der Waals surface area contributed by atoms with Crippen LogP contribution in [0.2, 0.25) is 0 Å². The van der Waals surface area contributed by atoms with Crippen molar-refractivity contribution in [3.8, 4) is 17.6 Å². The number of hydrogen-bond donors (Lipinski definition) is 1. The van der Waals surface area contributed by atoms with Crippen molar-refractivity contribution in [3.05, 3.63) is 18.2 Å². The van der Waals surface area contributed by atoms with Gasteiger partial charge < -0.3 is 14.8 Å². The van der Waals surface area contributed by atoms with Gasteiger partial charge in [0, 0.05) is 11.8 Å². The van der Waals surface area contributed by atoms with Crippen molar-refractivity contribution in [1.29, 1.82) is 5.26 Å². The molecule has 0 unspecified atom stereocenters. The predicted molar refractivity (Wildman–Crippen MR) is 60.7 cm³/mol. The molecule has 1 aromatic carbocycles. The number of ether oxygens (including phenoxy) is 2. The van der Waals surface area contributed by atoms with Crippen molar-refractivity contribution in [2.75, 3.05) is 18.5 Å². The zero-order valence-electron chi connectivity index (χ0n) is 9.41. The Morgan fingerprint density at radius 1 is 1.25 bits per heavy atom. The Morgan fingerprint density at radius 2 is 1.94 bits per heavy atom. The van der Waals surface area contributed by atoms with E-state index in [4.69, 9.17) is 14.7 Å². The number of anilines is 1. The largest absolute Gasteiger partial charge is 0.486 e. The number of nitrogens with zero attached hydrogens (tertiary/aromatic N) is 1. The number of nitriles is 1. The lowest BCUT2D eigenvalue weighted by Gasteiger charge is -2.22. The molecule has 16 heavy (non-hydrogen) atoms. The first-order valence-corrected chi connectivity index (χ1v) is 5.20. The minimum absolute atomic E-state index is 0.568. The lowest BCUT2D eigenvalue weighted by atomic mass is 10.1. The molecule has 0 saturated heterocycles. The van der Waals surface area contributed by atoms with E-state index in [1.807, 2.05) is 32.0 Å². The Morgan fingerprint density at radius 3 is 2.62 bits per heavy atom. The average molecular weight is 218 g/mol. The highest BCUT2D eigenvalue weighted by atomic mass is 16.6. The zero-order valence-corrected chi connectivity index (χ0v) is 9.41. The molecular weight excluding hydrogens is 204 g/mol. The van der Waals surface area contributed by atoms with Gasteiger partial charge in [0.1, 0.15) is 18.8 Å². The molecule has 0 spiro atoms. The molecule has 1 aliphatic rings. The van der Waals surface area contributed by atoms with Crippen LogP contribution in [0.1, 0.15) is 13.8 Å². The molecule has 4 heteroatoms. The second kappa shape index (κ2) is 3.93. The highest BCUT2D eigenvalue weighted by Gasteiger charge is 2.18. The molecular formula is C12H14N2O2. The van der Waals surface area contributed by atoms with E-state index in [0.29, 0.717) is 13.2 Å². The molecule has 0 aromatic heterocycles. The van der Waals surface area contributed by atoms with E-state index in [1.54, 1.807) is 0 Å². The maximum absolute atomic E-state index is 8.93. The van der Waals surface area contributed by atoms with Gasteiger partial charge in [-0.05, 0) is 26.0 Å². The smallest absolute Gasteiger partial charge is 0.163 e. The summed E-state index contributed by atoms with van der Waals surface area (Å²) in [6.45, 7) is 4.80. The first-order chi connectivity index (χ1) is 7.61. The van der Waals surface area contributed by atoms with Gasteiger partial charge in [0.05, 0.1) is 6.07 Å². The van der Waals surface area contributed by atoms with E-state index >= 15 is 0 Å². The predicted octanol–water partition coefficient (Wildman–Crippen LogP) is 2.17. The van der Waals surface area contributed by atoms with Crippen molar-refractivity contribution < 1.29 is 9.47 Å². The van der Waals surface area contributed by atoms with E-state index in [0.717, 1.165) is 17.2 Å². The van der Waals surface area contributed by atoms with Crippen LogP contribution in [0.15, 0.2) is 18.2 Å². The highest BCUT2D eigenvalue weighted by Crippen LogP contribution is 2.33. The molecule has 1 heterocycles. The van der Waals surface area contributed by atoms with Crippen molar-refractivity contribution in [2.45, 2.75) is 19.4 Å². The number of nitrogens with one attached hydrogen (secondary N) is 1. The lowest BCUT2D eigenvalue weighted by Crippen LogP contribution is -2.28. The SMILES string of the molecule is CC(C)(C#N)Nc1ccc2c(c1)OCCO2. The van der Waals surface area contributed by atoms with E-state index < -0.39 is 5.54 Å². The number of hydrogen-bond acceptors (Lipinski definition) is 4. The van der Waals surface area contributed by atoms with Crippen LogP contribution in [0.4, 0.5) is 5.69 Å². The van der Waals surface area contributed by atoms with E-state index in [-0.39, 0.29) is 0 Å². The Kier molecular flexibility index (Phi) is 2.61. The molecule has 2 rings (SSSR count). The van der Waals surface area contributed by atoms with Gasteiger partial charge in [-0.25, -0.2) is 0 Å². The van der Waals surface area contributed by atoms with Crippen LogP contribution in [0.5, 0.6) is 11.5 Å². The van der Waals surface area contributed by atoms with Gasteiger partial charge in [0.15, 0.2) is 11.5 Å². The number of fused-ring (bicyclic) bond motifs is 1. The molecule has 0 fully saturated rings. The number of benzene rings is 1. The van der Waals surface area contributed by atoms with Crippen molar-refractivity contribution in [3.63, 3.8) is 0 Å². The Labute approximate surface area is 94.8 Å². The van der Waals surface area contributed by atoms with E-state index in [1.165, 1.54) is 0 Å². The zero-order chi connectivity index (χ0) is 11.6. The van der Waals surface area contributed by atoms with Gasteiger partial charge in [0.2, 0.25) is 0 Å². The summed E-state index contributed by atoms with van der Waals surface area (Å²) >= 11 is 0. The molecule has 84 valence electrons. The minimum atomic E-state index is -0.593. The molecule has 1 aromatic rings. The van der Waals surface area contributed by atoms with Gasteiger partial charge in [-0.3, -0.25) is 0 Å². The van der Waals surface area contributed by atoms with E-state index in [9.17, 15) is 0 Å². The maximum Gasteiger partial charge on any atom is 0.163 e. The Balaban J connectivity index is 2.21. The summed E-state index contributed by atoms with van der Waals surface area (Å²) in [7, 11) is 0. The fraction of sp³-hybridized carbons (Fsp3) is 0.417. The van der Waals surface area contributed by atoms with Gasteiger partial charge in [-0.1, -0.05) is 0 Å². The molecule has 0 aliphatic carbocycles. The second-order valence-corrected chi connectivity index (χ2v) is 4.22. The molecule has 1 N–H and O–H groups in total. The Bertz CT molecular complexity index is 435. The molecule has 0 saturated carbocycles. The summed E-state index contributed by atoms with van der Waals surface area (Å²) in [5.41, 5.74) is 0.264. The van der Waals surface area contributed by atoms with Crippen LogP contribution in [-0.2, 0) is 0 Å². The fourth-order valence-corrected chi connectivity index (χ4v) is 1.51. The van der Waals surface area contributed by atoms with Crippen molar-refractivity contribution >= 4 is 5.69 Å². The van der Waals surface area contributed by atoms with Crippen LogP contribution in [-0.4, -0.2) is 18.8 Å². The van der Waals surface area contributed by atoms with Gasteiger partial charge in [0.25, 0.3) is 0 Å². The van der Waals surface area contributed by atoms with Crippen LogP contribution in [0, 0.1) is 11.3 Å². The van der Waals surface area contributed by atoms with E-state index in [2.05, 4.69) is 11.4 Å². The summed E-state index contributed by atoms with van der Waals surface area (Å²) < 4.78 is 10.9. The van der Waals surface area contributed by atoms with Crippen LogP contribution in [0.25, 0.3) is 0 Å². The standard InChI is InChI=1S/C12H14N2O2/c1-12(2,8-13)14-9-3-4-10-11(7-9)16-6-5-15-10/h3-4,7,14H,5-6H2,1-2H3. The van der Waals surface area contributed by atoms with Gasteiger partial charge >= 0.3 is 0 Å². The molecule has 0 radical (unpaired) electrons. The molecule has 4 nitrogen and oxygen atoms in total. The first-order valence-electron chi connectivity index (χ1n) is 5.20. The third-order valence-electron chi connectivity index (χ3n) is 2.28. The normalized spacial score (nSPS) is 14.1. The highest BCUT2D eigenvalue weighted by molar-refractivity contribution is 5.56. The Hall–Kier alpha value is -1.89. The average Bonchev–Trinajstić information content (AvgIpc) is 2.28. The van der Waals surface area contributed by atoms with Crippen LogP contribution >= 0.6 is 0 Å². The summed E-state index contributed by atoms with van der Waals surface area (Å²) in [5.74, 6) is 1.48. The molecule has 0 atom stereocenters. The second-order valence-electron chi connectivity index (χ2n) is 4.22. The maximum atomic E-state index is 8.93.